The highest BCUT2D eigenvalue weighted by Crippen LogP contribution is 2.50. The molecular weight excluding hydrogens is 396 g/mol. The third kappa shape index (κ3) is 2.86. The van der Waals surface area contributed by atoms with Crippen molar-refractivity contribution in [1.82, 2.24) is 14.3 Å². The lowest BCUT2D eigenvalue weighted by molar-refractivity contribution is -0.140. The summed E-state index contributed by atoms with van der Waals surface area (Å²) < 4.78 is 6.92. The van der Waals surface area contributed by atoms with E-state index in [-0.39, 0.29) is 23.7 Å². The number of nitrogens with two attached hydrogens (primary N) is 1. The molecule has 3 atom stereocenters. The largest absolute Gasteiger partial charge is 0.497 e. The maximum Gasteiger partial charge on any atom is 0.285 e. The van der Waals surface area contributed by atoms with Gasteiger partial charge in [-0.25, -0.2) is 4.98 Å². The highest BCUT2D eigenvalue weighted by atomic mass is 16.5. The highest BCUT2D eigenvalue weighted by molar-refractivity contribution is 5.94. The molecule has 3 N–H and O–H groups in total. The number of aliphatic hydroxyl groups is 1. The molecule has 1 saturated carbocycles. The van der Waals surface area contributed by atoms with Crippen LogP contribution >= 0.6 is 0 Å². The van der Waals surface area contributed by atoms with Gasteiger partial charge in [0.15, 0.2) is 0 Å². The number of fused-ring (bicyclic) bond motifs is 2. The number of pyridine rings is 1. The minimum absolute atomic E-state index is 0.0808. The third-order valence-corrected chi connectivity index (χ3v) is 6.04. The Bertz CT molecular complexity index is 1320. The van der Waals surface area contributed by atoms with Gasteiger partial charge in [-0.05, 0) is 24.6 Å². The van der Waals surface area contributed by atoms with E-state index in [1.165, 1.54) is 0 Å². The molecular formula is C23H20N4O4. The van der Waals surface area contributed by atoms with Gasteiger partial charge in [-0.1, -0.05) is 24.0 Å². The van der Waals surface area contributed by atoms with Crippen LogP contribution < -0.4 is 10.5 Å². The molecule has 3 heterocycles. The second kappa shape index (κ2) is 6.59. The lowest BCUT2D eigenvalue weighted by Gasteiger charge is -2.18. The van der Waals surface area contributed by atoms with Gasteiger partial charge in [0.1, 0.15) is 5.75 Å². The lowest BCUT2D eigenvalue weighted by Crippen LogP contribution is -2.41. The summed E-state index contributed by atoms with van der Waals surface area (Å²) in [6.07, 6.45) is 2.45. The summed E-state index contributed by atoms with van der Waals surface area (Å²) in [7, 11) is 3.26. The van der Waals surface area contributed by atoms with Crippen LogP contribution in [0, 0.1) is 17.8 Å². The van der Waals surface area contributed by atoms with Gasteiger partial charge in [0.25, 0.3) is 11.8 Å². The Balaban J connectivity index is 1.57. The smallest absolute Gasteiger partial charge is 0.285 e. The number of benzene rings is 1. The number of carbonyl (C=O) groups excluding carboxylic acids is 2. The van der Waals surface area contributed by atoms with E-state index >= 15 is 0 Å². The summed E-state index contributed by atoms with van der Waals surface area (Å²) in [6.45, 7) is 0. The first-order valence-corrected chi connectivity index (χ1v) is 9.82. The van der Waals surface area contributed by atoms with Crippen LogP contribution in [0.25, 0.3) is 16.8 Å². The van der Waals surface area contributed by atoms with Gasteiger partial charge in [-0.2, -0.15) is 0 Å². The Morgan fingerprint density at radius 2 is 2.16 bits per heavy atom. The number of aromatic nitrogens is 2. The number of primary amides is 1. The number of piperidine rings is 1. The molecule has 5 rings (SSSR count). The zero-order chi connectivity index (χ0) is 21.9. The van der Waals surface area contributed by atoms with E-state index in [9.17, 15) is 14.7 Å². The molecule has 8 heteroatoms. The molecule has 2 aliphatic rings. The fraction of sp³-hybridized carbons (Fsp3) is 0.261. The van der Waals surface area contributed by atoms with Crippen LogP contribution in [0.1, 0.15) is 22.6 Å². The molecule has 2 fully saturated rings. The van der Waals surface area contributed by atoms with Gasteiger partial charge in [0, 0.05) is 42.4 Å². The van der Waals surface area contributed by atoms with E-state index in [2.05, 4.69) is 16.8 Å². The van der Waals surface area contributed by atoms with Crippen LogP contribution in [-0.2, 0) is 4.79 Å². The third-order valence-electron chi connectivity index (χ3n) is 6.04. The molecule has 1 saturated heterocycles. The molecule has 1 aliphatic heterocycles. The Morgan fingerprint density at radius 3 is 2.84 bits per heavy atom. The lowest BCUT2D eigenvalue weighted by atomic mass is 9.98. The van der Waals surface area contributed by atoms with Gasteiger partial charge in [0.2, 0.25) is 11.4 Å². The Hall–Kier alpha value is -3.83. The Kier molecular flexibility index (Phi) is 4.07. The molecule has 2 amide bonds. The van der Waals surface area contributed by atoms with Crippen molar-refractivity contribution in [1.29, 1.82) is 0 Å². The van der Waals surface area contributed by atoms with Crippen LogP contribution in [0.15, 0.2) is 42.6 Å². The number of carbonyl (C=O) groups is 2. The number of hydrogen-bond acceptors (Lipinski definition) is 5. The second-order valence-corrected chi connectivity index (χ2v) is 7.89. The normalized spacial score (nSPS) is 24.0. The molecule has 0 bridgehead atoms. The Labute approximate surface area is 178 Å². The van der Waals surface area contributed by atoms with Crippen LogP contribution in [0.3, 0.4) is 0 Å². The van der Waals surface area contributed by atoms with E-state index in [0.29, 0.717) is 22.5 Å². The quantitative estimate of drug-likeness (QED) is 0.620. The van der Waals surface area contributed by atoms with E-state index < -0.39 is 11.5 Å². The number of methoxy groups -OCH3 is 1. The highest BCUT2D eigenvalue weighted by Gasteiger charge is 2.66. The fourth-order valence-electron chi connectivity index (χ4n) is 4.27. The molecule has 3 aromatic rings. The van der Waals surface area contributed by atoms with Crippen molar-refractivity contribution in [3.8, 4) is 28.8 Å². The van der Waals surface area contributed by atoms with Crippen molar-refractivity contribution in [2.45, 2.75) is 18.1 Å². The maximum absolute atomic E-state index is 12.4. The van der Waals surface area contributed by atoms with Gasteiger partial charge in [0.05, 0.1) is 18.3 Å². The van der Waals surface area contributed by atoms with Crippen molar-refractivity contribution in [2.75, 3.05) is 14.2 Å². The average molecular weight is 416 g/mol. The predicted octanol–water partition coefficient (Wildman–Crippen LogP) is 1.05. The number of imidazole rings is 1. The predicted molar refractivity (Wildman–Crippen MR) is 112 cm³/mol. The molecule has 156 valence electrons. The number of hydrogen-bond donors (Lipinski definition) is 2. The van der Waals surface area contributed by atoms with E-state index in [0.717, 1.165) is 12.0 Å². The minimum atomic E-state index is -1.64. The van der Waals surface area contributed by atoms with E-state index in [4.69, 9.17) is 10.5 Å². The first kappa shape index (κ1) is 19.2. The summed E-state index contributed by atoms with van der Waals surface area (Å²) in [4.78, 5) is 30.3. The monoisotopic (exact) mass is 416 g/mol. The molecule has 0 radical (unpaired) electrons. The van der Waals surface area contributed by atoms with Gasteiger partial charge >= 0.3 is 0 Å². The molecule has 1 aromatic carbocycles. The number of rotatable bonds is 3. The fourth-order valence-corrected chi connectivity index (χ4v) is 4.27. The van der Waals surface area contributed by atoms with Crippen LogP contribution in [-0.4, -0.2) is 57.0 Å². The molecule has 8 nitrogen and oxygen atoms in total. The van der Waals surface area contributed by atoms with Gasteiger partial charge in [-0.3, -0.25) is 14.0 Å². The average Bonchev–Trinajstić information content (AvgIpc) is 3.46. The zero-order valence-corrected chi connectivity index (χ0v) is 17.0. The number of amides is 2. The summed E-state index contributed by atoms with van der Waals surface area (Å²) in [5.41, 5.74) is 6.42. The van der Waals surface area contributed by atoms with Crippen molar-refractivity contribution in [3.05, 3.63) is 54.0 Å². The summed E-state index contributed by atoms with van der Waals surface area (Å²) in [5.74, 6) is 5.34. The zero-order valence-electron chi connectivity index (χ0n) is 17.0. The van der Waals surface area contributed by atoms with Crippen LogP contribution in [0.4, 0.5) is 0 Å². The van der Waals surface area contributed by atoms with Crippen molar-refractivity contribution >= 4 is 17.3 Å². The van der Waals surface area contributed by atoms with E-state index in [1.807, 2.05) is 6.07 Å². The number of ether oxygens (including phenoxy) is 1. The van der Waals surface area contributed by atoms with Crippen LogP contribution in [0.5, 0.6) is 5.75 Å². The molecule has 31 heavy (non-hydrogen) atoms. The molecule has 0 spiro atoms. The first-order chi connectivity index (χ1) is 14.8. The maximum atomic E-state index is 12.4. The van der Waals surface area contributed by atoms with Crippen molar-refractivity contribution in [3.63, 3.8) is 0 Å². The second-order valence-electron chi connectivity index (χ2n) is 7.89. The molecule has 0 unspecified atom stereocenters. The standard InChI is InChI=1S/C23H20N4O4/c1-26-17-12-16(17)23(30,22(26)29)8-6-13-4-3-5-14(10-13)19-18-11-15(31-2)7-9-27(18)21(25-19)20(24)28/h3-5,7,9-11,16-17,30H,12H2,1-2H3,(H2,24,28)/t16-,17+,23+/m1/s1. The molecule has 2 aromatic heterocycles. The van der Waals surface area contributed by atoms with Gasteiger partial charge < -0.3 is 20.5 Å². The summed E-state index contributed by atoms with van der Waals surface area (Å²) in [5, 5.41) is 10.8. The number of nitrogens with zero attached hydrogens (tertiary/aromatic N) is 3. The topological polar surface area (TPSA) is 110 Å². The summed E-state index contributed by atoms with van der Waals surface area (Å²) in [6, 6.07) is 10.8. The summed E-state index contributed by atoms with van der Waals surface area (Å²) >= 11 is 0. The first-order valence-electron chi connectivity index (χ1n) is 9.82. The van der Waals surface area contributed by atoms with Crippen molar-refractivity contribution in [2.24, 2.45) is 11.7 Å². The number of likely N-dealkylation sites (N-methyl/N-ethyl adjacent to an activating group) is 1. The van der Waals surface area contributed by atoms with Gasteiger partial charge in [-0.15, -0.1) is 0 Å². The van der Waals surface area contributed by atoms with Crippen molar-refractivity contribution < 1.29 is 19.4 Å². The van der Waals surface area contributed by atoms with Crippen LogP contribution in [0.2, 0.25) is 0 Å². The SMILES string of the molecule is COc1ccn2c(C(N)=O)nc(-c3cccc(C#C[C@@]4(O)C(=O)N(C)[C@H]5C[C@H]54)c3)c2c1. The minimum Gasteiger partial charge on any atom is -0.497 e. The number of likely N-dealkylation sites (tertiary alicyclic amines) is 1. The Morgan fingerprint density at radius 1 is 1.35 bits per heavy atom. The molecule has 1 aliphatic carbocycles. The van der Waals surface area contributed by atoms with E-state index in [1.54, 1.807) is 60.0 Å².